The largest absolute Gasteiger partial charge is 0.343 e. The van der Waals surface area contributed by atoms with Gasteiger partial charge in [-0.25, -0.2) is 0 Å². The van der Waals surface area contributed by atoms with Crippen LogP contribution in [0.25, 0.3) is 10.4 Å². The number of hydrogen-bond acceptors (Lipinski definition) is 8. The van der Waals surface area contributed by atoms with Crippen molar-refractivity contribution in [3.63, 3.8) is 0 Å². The normalized spacial score (nSPS) is 16.7. The van der Waals surface area contributed by atoms with Gasteiger partial charge in [0.05, 0.1) is 5.75 Å². The molecule has 1 saturated heterocycles. The fourth-order valence-corrected chi connectivity index (χ4v) is 3.79. The first kappa shape index (κ1) is 25.1. The number of azide groups is 1. The summed E-state index contributed by atoms with van der Waals surface area (Å²) in [6, 6.07) is -1.59. The Kier molecular flexibility index (Phi) is 9.75. The molecule has 2 amide bonds. The summed E-state index contributed by atoms with van der Waals surface area (Å²) < 4.78 is 61.6. The van der Waals surface area contributed by atoms with E-state index in [1.54, 1.807) is 0 Å². The van der Waals surface area contributed by atoms with Gasteiger partial charge in [-0.1, -0.05) is 5.11 Å². The molecule has 0 aromatic heterocycles. The standard InChI is InChI=1S/C13H24N6O8S2/c14-17-15-3-1-4-18-5-7-19(8-6-18)13(21)11(10-29(25,26)27)16-12(20)2-9-28(22,23)24/h11H,1-10H2,(H,16,20)(H,22,23,24)(H,25,26,27)/t11-/m0/s1. The molecular weight excluding hydrogens is 432 g/mol. The third-order valence-electron chi connectivity index (χ3n) is 4.08. The van der Waals surface area contributed by atoms with E-state index in [-0.39, 0.29) is 13.1 Å². The van der Waals surface area contributed by atoms with Crippen LogP contribution >= 0.6 is 0 Å². The summed E-state index contributed by atoms with van der Waals surface area (Å²) in [5.74, 6) is -3.63. The Balaban J connectivity index is 2.65. The third kappa shape index (κ3) is 11.0. The van der Waals surface area contributed by atoms with E-state index in [9.17, 15) is 26.4 Å². The summed E-state index contributed by atoms with van der Waals surface area (Å²) in [6.07, 6.45) is -0.0275. The van der Waals surface area contributed by atoms with Crippen LogP contribution in [-0.2, 0) is 29.8 Å². The lowest BCUT2D eigenvalue weighted by Gasteiger charge is -2.36. The van der Waals surface area contributed by atoms with Crippen molar-refractivity contribution in [3.05, 3.63) is 10.4 Å². The second-order valence-electron chi connectivity index (χ2n) is 6.38. The Labute approximate surface area is 168 Å². The van der Waals surface area contributed by atoms with Crippen LogP contribution in [0.2, 0.25) is 0 Å². The number of amides is 2. The van der Waals surface area contributed by atoms with E-state index in [2.05, 4.69) is 15.3 Å². The molecule has 0 spiro atoms. The van der Waals surface area contributed by atoms with E-state index in [0.717, 1.165) is 0 Å². The van der Waals surface area contributed by atoms with Crippen molar-refractivity contribution >= 4 is 32.1 Å². The van der Waals surface area contributed by atoms with Gasteiger partial charge in [-0.15, -0.1) is 0 Å². The summed E-state index contributed by atoms with van der Waals surface area (Å²) >= 11 is 0. The van der Waals surface area contributed by atoms with Gasteiger partial charge in [0, 0.05) is 44.1 Å². The van der Waals surface area contributed by atoms with Crippen molar-refractivity contribution < 1.29 is 35.5 Å². The molecule has 0 unspecified atom stereocenters. The molecule has 16 heteroatoms. The SMILES string of the molecule is [N-]=[N+]=NCCCN1CCN(C(=O)[C@H](CS(=O)(=O)O)NC(=O)CCS(=O)(=O)O)CC1. The van der Waals surface area contributed by atoms with Crippen LogP contribution in [0.5, 0.6) is 0 Å². The Bertz CT molecular complexity index is 831. The number of rotatable bonds is 11. The van der Waals surface area contributed by atoms with Gasteiger partial charge < -0.3 is 10.2 Å². The van der Waals surface area contributed by atoms with Gasteiger partial charge in [-0.2, -0.15) is 16.8 Å². The second kappa shape index (κ2) is 11.3. The lowest BCUT2D eigenvalue weighted by molar-refractivity contribution is -0.137. The monoisotopic (exact) mass is 456 g/mol. The highest BCUT2D eigenvalue weighted by Gasteiger charge is 2.31. The highest BCUT2D eigenvalue weighted by Crippen LogP contribution is 2.07. The molecule has 0 saturated carbocycles. The number of carbonyl (C=O) groups is 2. The molecule has 0 bridgehead atoms. The Morgan fingerprint density at radius 3 is 2.24 bits per heavy atom. The highest BCUT2D eigenvalue weighted by molar-refractivity contribution is 7.86. The van der Waals surface area contributed by atoms with Gasteiger partial charge in [-0.3, -0.25) is 23.6 Å². The summed E-state index contributed by atoms with van der Waals surface area (Å²) in [6.45, 7) is 2.48. The molecule has 0 radical (unpaired) electrons. The maximum Gasteiger partial charge on any atom is 0.267 e. The van der Waals surface area contributed by atoms with Gasteiger partial charge in [0.2, 0.25) is 11.8 Å². The lowest BCUT2D eigenvalue weighted by atomic mass is 10.2. The summed E-state index contributed by atoms with van der Waals surface area (Å²) in [5, 5.41) is 5.53. The molecule has 1 rings (SSSR count). The maximum absolute atomic E-state index is 12.6. The van der Waals surface area contributed by atoms with Gasteiger partial charge in [0.15, 0.2) is 0 Å². The van der Waals surface area contributed by atoms with Crippen LogP contribution in [0, 0.1) is 0 Å². The van der Waals surface area contributed by atoms with E-state index >= 15 is 0 Å². The van der Waals surface area contributed by atoms with Crippen molar-refractivity contribution in [2.45, 2.75) is 18.9 Å². The Hall–Kier alpha value is -1.97. The molecule has 14 nitrogen and oxygen atoms in total. The number of nitrogens with zero attached hydrogens (tertiary/aromatic N) is 5. The van der Waals surface area contributed by atoms with E-state index in [0.29, 0.717) is 32.6 Å². The molecule has 1 atom stereocenters. The molecule has 1 heterocycles. The zero-order valence-electron chi connectivity index (χ0n) is 15.5. The average molecular weight is 457 g/mol. The Morgan fingerprint density at radius 1 is 1.10 bits per heavy atom. The summed E-state index contributed by atoms with van der Waals surface area (Å²) in [4.78, 5) is 30.5. The third-order valence-corrected chi connectivity index (χ3v) is 5.55. The first-order chi connectivity index (χ1) is 13.4. The number of hydrogen-bond donors (Lipinski definition) is 3. The molecule has 0 aromatic rings. The molecule has 1 aliphatic heterocycles. The number of carbonyl (C=O) groups excluding carboxylic acids is 2. The minimum atomic E-state index is -4.60. The lowest BCUT2D eigenvalue weighted by Crippen LogP contribution is -2.56. The number of nitrogens with one attached hydrogen (secondary N) is 1. The van der Waals surface area contributed by atoms with Gasteiger partial charge in [0.1, 0.15) is 11.8 Å². The van der Waals surface area contributed by atoms with Crippen LogP contribution in [-0.4, -0.2) is 104 Å². The summed E-state index contributed by atoms with van der Waals surface area (Å²) in [7, 11) is -9.01. The number of piperazine rings is 1. The van der Waals surface area contributed by atoms with E-state index in [4.69, 9.17) is 14.6 Å². The first-order valence-corrected chi connectivity index (χ1v) is 11.8. The van der Waals surface area contributed by atoms with Crippen LogP contribution in [0.4, 0.5) is 0 Å². The van der Waals surface area contributed by atoms with E-state index in [1.165, 1.54) is 4.90 Å². The van der Waals surface area contributed by atoms with Crippen molar-refractivity contribution in [3.8, 4) is 0 Å². The summed E-state index contributed by atoms with van der Waals surface area (Å²) in [5.41, 5.74) is 8.24. The van der Waals surface area contributed by atoms with Crippen molar-refractivity contribution in [2.24, 2.45) is 5.11 Å². The smallest absolute Gasteiger partial charge is 0.267 e. The molecule has 0 aliphatic carbocycles. The quantitative estimate of drug-likeness (QED) is 0.108. The zero-order valence-corrected chi connectivity index (χ0v) is 17.2. The molecule has 3 N–H and O–H groups in total. The maximum atomic E-state index is 12.6. The van der Waals surface area contributed by atoms with Crippen molar-refractivity contribution in [1.29, 1.82) is 0 Å². The van der Waals surface area contributed by atoms with Crippen LogP contribution < -0.4 is 5.32 Å². The zero-order chi connectivity index (χ0) is 22.1. The molecule has 29 heavy (non-hydrogen) atoms. The van der Waals surface area contributed by atoms with Gasteiger partial charge in [0.25, 0.3) is 20.2 Å². The predicted molar refractivity (Wildman–Crippen MR) is 101 cm³/mol. The first-order valence-electron chi connectivity index (χ1n) is 8.63. The topological polar surface area (TPSA) is 210 Å². The molecular formula is C13H24N6O8S2. The van der Waals surface area contributed by atoms with Gasteiger partial charge in [-0.05, 0) is 18.5 Å². The van der Waals surface area contributed by atoms with Crippen LogP contribution in [0.3, 0.4) is 0 Å². The highest BCUT2D eigenvalue weighted by atomic mass is 32.2. The van der Waals surface area contributed by atoms with E-state index in [1.807, 2.05) is 4.90 Å². The minimum absolute atomic E-state index is 0.253. The molecule has 1 fully saturated rings. The minimum Gasteiger partial charge on any atom is -0.343 e. The molecule has 0 aromatic carbocycles. The molecule has 1 aliphatic rings. The van der Waals surface area contributed by atoms with Gasteiger partial charge >= 0.3 is 0 Å². The van der Waals surface area contributed by atoms with E-state index < -0.39 is 56.0 Å². The molecule has 166 valence electrons. The average Bonchev–Trinajstić information content (AvgIpc) is 2.61. The van der Waals surface area contributed by atoms with Crippen LogP contribution in [0.1, 0.15) is 12.8 Å². The van der Waals surface area contributed by atoms with Crippen molar-refractivity contribution in [1.82, 2.24) is 15.1 Å². The fraction of sp³-hybridized carbons (Fsp3) is 0.846. The van der Waals surface area contributed by atoms with Crippen molar-refractivity contribution in [2.75, 3.05) is 50.8 Å². The second-order valence-corrected chi connectivity index (χ2v) is 9.45. The fourth-order valence-electron chi connectivity index (χ4n) is 2.70. The predicted octanol–water partition coefficient (Wildman–Crippen LogP) is -1.52. The Morgan fingerprint density at radius 2 is 1.72 bits per heavy atom. The van der Waals surface area contributed by atoms with Crippen LogP contribution in [0.15, 0.2) is 5.11 Å².